The lowest BCUT2D eigenvalue weighted by Crippen LogP contribution is -2.45. The van der Waals surface area contributed by atoms with Gasteiger partial charge in [-0.05, 0) is 44.2 Å². The van der Waals surface area contributed by atoms with E-state index in [0.717, 1.165) is 54.6 Å². The topological polar surface area (TPSA) is 87.5 Å². The Labute approximate surface area is 200 Å². The molecule has 34 heavy (non-hydrogen) atoms. The van der Waals surface area contributed by atoms with Crippen molar-refractivity contribution in [2.75, 3.05) is 25.0 Å². The summed E-state index contributed by atoms with van der Waals surface area (Å²) >= 11 is 0. The molecule has 1 aliphatic carbocycles. The van der Waals surface area contributed by atoms with Gasteiger partial charge in [0.15, 0.2) is 5.69 Å². The Balaban J connectivity index is 1.29. The molecule has 180 valence electrons. The Kier molecular flexibility index (Phi) is 6.15. The lowest BCUT2D eigenvalue weighted by molar-refractivity contribution is -0.139. The normalized spacial score (nSPS) is 20.5. The molecule has 3 amide bonds. The minimum atomic E-state index is -0.256. The van der Waals surface area contributed by atoms with Gasteiger partial charge in [-0.1, -0.05) is 24.6 Å². The number of benzene rings is 1. The monoisotopic (exact) mass is 463 g/mol. The lowest BCUT2D eigenvalue weighted by Gasteiger charge is -2.35. The molecule has 2 fully saturated rings. The number of hydrogen-bond acceptors (Lipinski definition) is 4. The average Bonchev–Trinajstić information content (AvgIpc) is 3.14. The summed E-state index contributed by atoms with van der Waals surface area (Å²) < 4.78 is 1.79. The summed E-state index contributed by atoms with van der Waals surface area (Å²) in [6, 6.07) is 7.72. The van der Waals surface area contributed by atoms with Crippen molar-refractivity contribution in [3.63, 3.8) is 0 Å². The van der Waals surface area contributed by atoms with Gasteiger partial charge in [0.25, 0.3) is 5.91 Å². The maximum atomic E-state index is 13.6. The molecule has 2 aliphatic heterocycles. The molecule has 0 bridgehead atoms. The second kappa shape index (κ2) is 9.24. The SMILES string of the molecule is Cc1ccccc1NC(=O)C1CCCN(C(=O)c2nn(C)c3c2CN(C(=O)C2CCC2)CC3)C1. The highest BCUT2D eigenvalue weighted by Gasteiger charge is 2.36. The fourth-order valence-electron chi connectivity index (χ4n) is 5.34. The van der Waals surface area contributed by atoms with Gasteiger partial charge in [-0.3, -0.25) is 19.1 Å². The number of anilines is 1. The Morgan fingerprint density at radius 2 is 1.76 bits per heavy atom. The summed E-state index contributed by atoms with van der Waals surface area (Å²) in [5.41, 5.74) is 4.17. The van der Waals surface area contributed by atoms with E-state index in [1.807, 2.05) is 43.1 Å². The predicted octanol–water partition coefficient (Wildman–Crippen LogP) is 2.90. The molecule has 2 aromatic rings. The fourth-order valence-corrected chi connectivity index (χ4v) is 5.34. The minimum absolute atomic E-state index is 0.0490. The van der Waals surface area contributed by atoms with E-state index in [4.69, 9.17) is 0 Å². The molecule has 5 rings (SSSR count). The molecule has 8 nitrogen and oxygen atoms in total. The highest BCUT2D eigenvalue weighted by Crippen LogP contribution is 2.32. The second-order valence-electron chi connectivity index (χ2n) is 9.93. The van der Waals surface area contributed by atoms with Crippen molar-refractivity contribution < 1.29 is 14.4 Å². The molecule has 1 N–H and O–H groups in total. The molecule has 3 heterocycles. The highest BCUT2D eigenvalue weighted by molar-refractivity contribution is 5.96. The van der Waals surface area contributed by atoms with Crippen molar-refractivity contribution in [2.24, 2.45) is 18.9 Å². The fraction of sp³-hybridized carbons (Fsp3) is 0.538. The maximum absolute atomic E-state index is 13.6. The zero-order valence-corrected chi connectivity index (χ0v) is 20.0. The Bertz CT molecular complexity index is 1120. The van der Waals surface area contributed by atoms with Crippen molar-refractivity contribution in [3.05, 3.63) is 46.8 Å². The van der Waals surface area contributed by atoms with Crippen LogP contribution in [0.2, 0.25) is 0 Å². The van der Waals surface area contributed by atoms with Crippen molar-refractivity contribution in [1.29, 1.82) is 0 Å². The number of fused-ring (bicyclic) bond motifs is 1. The van der Waals surface area contributed by atoms with E-state index >= 15 is 0 Å². The molecule has 1 saturated heterocycles. The van der Waals surface area contributed by atoms with Crippen molar-refractivity contribution in [2.45, 2.75) is 52.0 Å². The minimum Gasteiger partial charge on any atom is -0.338 e. The van der Waals surface area contributed by atoms with Crippen LogP contribution in [0, 0.1) is 18.8 Å². The maximum Gasteiger partial charge on any atom is 0.274 e. The number of carbonyl (C=O) groups is 3. The third-order valence-corrected chi connectivity index (χ3v) is 7.69. The number of amides is 3. The Hall–Kier alpha value is -3.16. The van der Waals surface area contributed by atoms with Gasteiger partial charge in [0.2, 0.25) is 11.8 Å². The smallest absolute Gasteiger partial charge is 0.274 e. The lowest BCUT2D eigenvalue weighted by atomic mass is 9.84. The van der Waals surface area contributed by atoms with Crippen LogP contribution in [0.15, 0.2) is 24.3 Å². The number of aryl methyl sites for hydroxylation is 2. The first-order valence-electron chi connectivity index (χ1n) is 12.4. The van der Waals surface area contributed by atoms with E-state index in [9.17, 15) is 14.4 Å². The molecule has 0 radical (unpaired) electrons. The summed E-state index contributed by atoms with van der Waals surface area (Å²) in [4.78, 5) is 43.0. The Morgan fingerprint density at radius 3 is 2.50 bits per heavy atom. The van der Waals surface area contributed by atoms with Gasteiger partial charge in [0.1, 0.15) is 0 Å². The van der Waals surface area contributed by atoms with Gasteiger partial charge in [0, 0.05) is 62.5 Å². The van der Waals surface area contributed by atoms with E-state index in [0.29, 0.717) is 38.3 Å². The standard InChI is InChI=1S/C26H33N5O3/c1-17-7-3-4-11-21(17)27-24(32)19-10-6-13-30(15-19)26(34)23-20-16-31(25(33)18-8-5-9-18)14-12-22(20)29(2)28-23/h3-4,7,11,18-19H,5-6,8-10,12-16H2,1-2H3,(H,27,32). The van der Waals surface area contributed by atoms with Crippen LogP contribution in [-0.4, -0.2) is 56.9 Å². The van der Waals surface area contributed by atoms with E-state index < -0.39 is 0 Å². The molecule has 1 aromatic carbocycles. The van der Waals surface area contributed by atoms with Crippen molar-refractivity contribution in [1.82, 2.24) is 19.6 Å². The quantitative estimate of drug-likeness (QED) is 0.755. The summed E-state index contributed by atoms with van der Waals surface area (Å²) in [6.07, 6.45) is 5.32. The van der Waals surface area contributed by atoms with E-state index in [2.05, 4.69) is 10.4 Å². The highest BCUT2D eigenvalue weighted by atomic mass is 16.2. The van der Waals surface area contributed by atoms with Crippen LogP contribution in [0.3, 0.4) is 0 Å². The van der Waals surface area contributed by atoms with Crippen LogP contribution < -0.4 is 5.32 Å². The third-order valence-electron chi connectivity index (χ3n) is 7.69. The summed E-state index contributed by atoms with van der Waals surface area (Å²) in [7, 11) is 1.87. The molecule has 1 unspecified atom stereocenters. The summed E-state index contributed by atoms with van der Waals surface area (Å²) in [6.45, 7) is 4.09. The molecule has 3 aliphatic rings. The molecule has 1 saturated carbocycles. The Morgan fingerprint density at radius 1 is 1.00 bits per heavy atom. The summed E-state index contributed by atoms with van der Waals surface area (Å²) in [5, 5.41) is 7.61. The van der Waals surface area contributed by atoms with Gasteiger partial charge in [-0.2, -0.15) is 5.10 Å². The molecular formula is C26H33N5O3. The molecule has 1 aromatic heterocycles. The first kappa shape index (κ1) is 22.6. The van der Waals surface area contributed by atoms with Crippen LogP contribution in [0.5, 0.6) is 0 Å². The number of nitrogens with zero attached hydrogens (tertiary/aromatic N) is 4. The molecular weight excluding hydrogens is 430 g/mol. The van der Waals surface area contributed by atoms with E-state index in [1.165, 1.54) is 0 Å². The average molecular weight is 464 g/mol. The largest absolute Gasteiger partial charge is 0.338 e. The van der Waals surface area contributed by atoms with Crippen LogP contribution in [-0.2, 0) is 29.6 Å². The van der Waals surface area contributed by atoms with Crippen LogP contribution in [0.1, 0.15) is 59.4 Å². The van der Waals surface area contributed by atoms with Crippen LogP contribution >= 0.6 is 0 Å². The molecule has 1 atom stereocenters. The number of rotatable bonds is 4. The van der Waals surface area contributed by atoms with Crippen LogP contribution in [0.25, 0.3) is 0 Å². The molecule has 0 spiro atoms. The van der Waals surface area contributed by atoms with Gasteiger partial charge in [-0.25, -0.2) is 0 Å². The zero-order chi connectivity index (χ0) is 23.8. The number of piperidine rings is 1. The van der Waals surface area contributed by atoms with Crippen molar-refractivity contribution in [3.8, 4) is 0 Å². The number of para-hydroxylation sites is 1. The van der Waals surface area contributed by atoms with Gasteiger partial charge in [-0.15, -0.1) is 0 Å². The first-order chi connectivity index (χ1) is 16.4. The van der Waals surface area contributed by atoms with E-state index in [1.54, 1.807) is 9.58 Å². The van der Waals surface area contributed by atoms with Crippen LogP contribution in [0.4, 0.5) is 5.69 Å². The van der Waals surface area contributed by atoms with Gasteiger partial charge >= 0.3 is 0 Å². The van der Waals surface area contributed by atoms with Crippen molar-refractivity contribution >= 4 is 23.4 Å². The first-order valence-corrected chi connectivity index (χ1v) is 12.4. The number of nitrogens with one attached hydrogen (secondary N) is 1. The predicted molar refractivity (Wildman–Crippen MR) is 128 cm³/mol. The number of aromatic nitrogens is 2. The zero-order valence-electron chi connectivity index (χ0n) is 20.0. The number of carbonyl (C=O) groups excluding carboxylic acids is 3. The van der Waals surface area contributed by atoms with E-state index in [-0.39, 0.29) is 29.6 Å². The summed E-state index contributed by atoms with van der Waals surface area (Å²) in [5.74, 6) is -0.0825. The second-order valence-corrected chi connectivity index (χ2v) is 9.93. The number of likely N-dealkylation sites (tertiary alicyclic amines) is 1. The third kappa shape index (κ3) is 4.21. The number of hydrogen-bond donors (Lipinski definition) is 1. The van der Waals surface area contributed by atoms with Gasteiger partial charge < -0.3 is 15.1 Å². The van der Waals surface area contributed by atoms with Gasteiger partial charge in [0.05, 0.1) is 5.92 Å². The molecule has 8 heteroatoms.